The van der Waals surface area contributed by atoms with Crippen molar-refractivity contribution in [3.8, 4) is 0 Å². The molecule has 0 bridgehead atoms. The zero-order chi connectivity index (χ0) is 11.9. The largest absolute Gasteiger partial charge is 0.461 e. The van der Waals surface area contributed by atoms with E-state index in [4.69, 9.17) is 9.47 Å². The van der Waals surface area contributed by atoms with Gasteiger partial charge in [0.1, 0.15) is 12.2 Å². The molecule has 4 heteroatoms. The Morgan fingerprint density at radius 1 is 1.62 bits per heavy atom. The van der Waals surface area contributed by atoms with Crippen molar-refractivity contribution in [1.29, 1.82) is 0 Å². The molecule has 0 aromatic heterocycles. The number of rotatable bonds is 3. The zero-order valence-electron chi connectivity index (χ0n) is 9.73. The predicted octanol–water partition coefficient (Wildman–Crippen LogP) is 1.03. The lowest BCUT2D eigenvalue weighted by Crippen LogP contribution is -2.37. The van der Waals surface area contributed by atoms with Gasteiger partial charge in [0.2, 0.25) is 0 Å². The Labute approximate surface area is 95.2 Å². The third kappa shape index (κ3) is 1.99. The normalized spacial score (nSPS) is 41.1. The molecule has 0 spiro atoms. The van der Waals surface area contributed by atoms with E-state index in [1.807, 2.05) is 6.92 Å². The summed E-state index contributed by atoms with van der Waals surface area (Å²) in [5.41, 5.74) is 0.532. The van der Waals surface area contributed by atoms with E-state index in [9.17, 15) is 9.90 Å². The number of hydrogen-bond donors (Lipinski definition) is 1. The van der Waals surface area contributed by atoms with Crippen molar-refractivity contribution in [3.63, 3.8) is 0 Å². The smallest absolute Gasteiger partial charge is 0.302 e. The van der Waals surface area contributed by atoms with Gasteiger partial charge in [0.25, 0.3) is 0 Å². The molecule has 2 aliphatic rings. The molecule has 0 aromatic carbocycles. The summed E-state index contributed by atoms with van der Waals surface area (Å²) in [6, 6.07) is 0. The van der Waals surface area contributed by atoms with Crippen LogP contribution in [0.5, 0.6) is 0 Å². The van der Waals surface area contributed by atoms with Gasteiger partial charge in [-0.05, 0) is 31.3 Å². The number of esters is 1. The summed E-state index contributed by atoms with van der Waals surface area (Å²) < 4.78 is 10.4. The average molecular weight is 226 g/mol. The van der Waals surface area contributed by atoms with Crippen LogP contribution < -0.4 is 0 Å². The van der Waals surface area contributed by atoms with Crippen LogP contribution >= 0.6 is 0 Å². The molecule has 1 aliphatic carbocycles. The zero-order valence-corrected chi connectivity index (χ0v) is 9.73. The maximum Gasteiger partial charge on any atom is 0.302 e. The molecule has 90 valence electrons. The second kappa shape index (κ2) is 3.86. The second-order valence-electron chi connectivity index (χ2n) is 4.91. The van der Waals surface area contributed by atoms with Crippen molar-refractivity contribution in [3.05, 3.63) is 12.2 Å². The summed E-state index contributed by atoms with van der Waals surface area (Å²) in [5, 5.41) is 9.90. The maximum absolute atomic E-state index is 10.7. The van der Waals surface area contributed by atoms with Gasteiger partial charge in [-0.3, -0.25) is 4.79 Å². The topological polar surface area (TPSA) is 59.1 Å². The standard InChI is InChI=1S/C12H18O4/c1-7(6-15-8(2)13)9-4-10(14)12(3)11(5-9)16-12/h9-11,14H,1,4-6H2,2-3H3/t9-,10+,11-,12+/m0/s1. The van der Waals surface area contributed by atoms with E-state index >= 15 is 0 Å². The first-order valence-corrected chi connectivity index (χ1v) is 5.60. The van der Waals surface area contributed by atoms with Gasteiger partial charge in [-0.1, -0.05) is 6.58 Å². The summed E-state index contributed by atoms with van der Waals surface area (Å²) in [4.78, 5) is 10.7. The Morgan fingerprint density at radius 2 is 2.31 bits per heavy atom. The first kappa shape index (κ1) is 11.6. The maximum atomic E-state index is 10.7. The van der Waals surface area contributed by atoms with E-state index in [0.29, 0.717) is 6.42 Å². The number of aliphatic hydroxyl groups is 1. The Hall–Kier alpha value is -0.870. The molecule has 2 rings (SSSR count). The summed E-state index contributed by atoms with van der Waals surface area (Å²) in [5.74, 6) is -0.111. The van der Waals surface area contributed by atoms with Crippen LogP contribution in [0.3, 0.4) is 0 Å². The summed E-state index contributed by atoms with van der Waals surface area (Å²) in [7, 11) is 0. The Bertz CT molecular complexity index is 325. The summed E-state index contributed by atoms with van der Waals surface area (Å²) >= 11 is 0. The minimum Gasteiger partial charge on any atom is -0.461 e. The van der Waals surface area contributed by atoms with Crippen molar-refractivity contribution in [1.82, 2.24) is 0 Å². The number of epoxide rings is 1. The van der Waals surface area contributed by atoms with Gasteiger partial charge in [-0.25, -0.2) is 0 Å². The van der Waals surface area contributed by atoms with Gasteiger partial charge >= 0.3 is 5.97 Å². The molecule has 1 aliphatic heterocycles. The van der Waals surface area contributed by atoms with Gasteiger partial charge in [-0.2, -0.15) is 0 Å². The van der Waals surface area contributed by atoms with Crippen LogP contribution in [-0.4, -0.2) is 35.5 Å². The number of ether oxygens (including phenoxy) is 2. The molecule has 0 unspecified atom stereocenters. The van der Waals surface area contributed by atoms with Crippen LogP contribution in [0, 0.1) is 5.92 Å². The number of hydrogen-bond acceptors (Lipinski definition) is 4. The third-order valence-corrected chi connectivity index (χ3v) is 3.68. The molecule has 2 fully saturated rings. The van der Waals surface area contributed by atoms with E-state index in [1.165, 1.54) is 6.92 Å². The Morgan fingerprint density at radius 3 is 2.88 bits per heavy atom. The lowest BCUT2D eigenvalue weighted by molar-refractivity contribution is -0.140. The first-order valence-electron chi connectivity index (χ1n) is 5.60. The quantitative estimate of drug-likeness (QED) is 0.443. The number of carbonyl (C=O) groups is 1. The Balaban J connectivity index is 1.87. The predicted molar refractivity (Wildman–Crippen MR) is 57.8 cm³/mol. The van der Waals surface area contributed by atoms with Gasteiger partial charge in [-0.15, -0.1) is 0 Å². The van der Waals surface area contributed by atoms with E-state index in [1.54, 1.807) is 0 Å². The molecule has 1 saturated heterocycles. The van der Waals surface area contributed by atoms with Gasteiger partial charge in [0.15, 0.2) is 0 Å². The highest BCUT2D eigenvalue weighted by molar-refractivity contribution is 5.66. The van der Waals surface area contributed by atoms with Crippen LogP contribution in [-0.2, 0) is 14.3 Å². The van der Waals surface area contributed by atoms with Crippen molar-refractivity contribution in [2.24, 2.45) is 5.92 Å². The molecule has 0 amide bonds. The minimum atomic E-state index is -0.440. The second-order valence-corrected chi connectivity index (χ2v) is 4.91. The molecule has 1 N–H and O–H groups in total. The fraction of sp³-hybridized carbons (Fsp3) is 0.750. The number of aliphatic hydroxyl groups excluding tert-OH is 1. The van der Waals surface area contributed by atoms with Crippen molar-refractivity contribution in [2.75, 3.05) is 6.61 Å². The van der Waals surface area contributed by atoms with Crippen molar-refractivity contribution in [2.45, 2.75) is 44.5 Å². The van der Waals surface area contributed by atoms with E-state index in [2.05, 4.69) is 6.58 Å². The lowest BCUT2D eigenvalue weighted by Gasteiger charge is -2.28. The molecule has 0 radical (unpaired) electrons. The molecular weight excluding hydrogens is 208 g/mol. The third-order valence-electron chi connectivity index (χ3n) is 3.68. The molecule has 0 aromatic rings. The fourth-order valence-corrected chi connectivity index (χ4v) is 2.35. The molecule has 1 saturated carbocycles. The van der Waals surface area contributed by atoms with Gasteiger partial charge in [0.05, 0.1) is 12.2 Å². The van der Waals surface area contributed by atoms with Crippen molar-refractivity contribution >= 4 is 5.97 Å². The fourth-order valence-electron chi connectivity index (χ4n) is 2.35. The van der Waals surface area contributed by atoms with Crippen LogP contribution in [0.15, 0.2) is 12.2 Å². The molecular formula is C12H18O4. The van der Waals surface area contributed by atoms with Gasteiger partial charge < -0.3 is 14.6 Å². The highest BCUT2D eigenvalue weighted by Gasteiger charge is 2.61. The lowest BCUT2D eigenvalue weighted by atomic mass is 9.78. The number of fused-ring (bicyclic) bond motifs is 1. The van der Waals surface area contributed by atoms with Crippen LogP contribution in [0.2, 0.25) is 0 Å². The highest BCUT2D eigenvalue weighted by Crippen LogP contribution is 2.50. The molecule has 16 heavy (non-hydrogen) atoms. The van der Waals surface area contributed by atoms with E-state index < -0.39 is 6.10 Å². The first-order chi connectivity index (χ1) is 7.43. The summed E-state index contributed by atoms with van der Waals surface area (Å²) in [6.07, 6.45) is 1.21. The SMILES string of the molecule is C=C(COC(C)=O)[C@H]1C[C@@H](O)[C@@]2(C)O[C@H]2C1. The molecule has 4 nitrogen and oxygen atoms in total. The monoisotopic (exact) mass is 226 g/mol. The highest BCUT2D eigenvalue weighted by atomic mass is 16.6. The summed E-state index contributed by atoms with van der Waals surface area (Å²) in [6.45, 7) is 7.48. The van der Waals surface area contributed by atoms with Crippen molar-refractivity contribution < 1.29 is 19.4 Å². The molecule has 1 heterocycles. The number of carbonyl (C=O) groups excluding carboxylic acids is 1. The van der Waals surface area contributed by atoms with E-state index in [0.717, 1.165) is 12.0 Å². The van der Waals surface area contributed by atoms with Crippen LogP contribution in [0.25, 0.3) is 0 Å². The Kier molecular flexibility index (Phi) is 2.80. The van der Waals surface area contributed by atoms with E-state index in [-0.39, 0.29) is 30.2 Å². The van der Waals surface area contributed by atoms with Gasteiger partial charge in [0, 0.05) is 6.92 Å². The minimum absolute atomic E-state index is 0.135. The molecule has 4 atom stereocenters. The van der Waals surface area contributed by atoms with Crippen LogP contribution in [0.1, 0.15) is 26.7 Å². The van der Waals surface area contributed by atoms with Crippen LogP contribution in [0.4, 0.5) is 0 Å². The average Bonchev–Trinajstić information content (AvgIpc) is 2.87.